The highest BCUT2D eigenvalue weighted by atomic mass is 16.3. The largest absolute Gasteiger partial charge is 0.396 e. The summed E-state index contributed by atoms with van der Waals surface area (Å²) >= 11 is 0. The fourth-order valence-corrected chi connectivity index (χ4v) is 1.06. The summed E-state index contributed by atoms with van der Waals surface area (Å²) < 4.78 is 0. The van der Waals surface area contributed by atoms with Gasteiger partial charge in [-0.1, -0.05) is 0 Å². The van der Waals surface area contributed by atoms with Crippen LogP contribution in [-0.4, -0.2) is 36.8 Å². The minimum absolute atomic E-state index is 0.364. The maximum atomic E-state index is 8.60. The lowest BCUT2D eigenvalue weighted by Crippen LogP contribution is -2.16. The van der Waals surface area contributed by atoms with E-state index in [0.29, 0.717) is 18.6 Å². The van der Waals surface area contributed by atoms with Crippen LogP contribution in [0.25, 0.3) is 0 Å². The zero-order valence-corrected chi connectivity index (χ0v) is 5.46. The molecule has 2 atom stereocenters. The Morgan fingerprint density at radius 1 is 1.62 bits per heavy atom. The Bertz CT molecular complexity index is 82.6. The minimum atomic E-state index is 0.364. The van der Waals surface area contributed by atoms with Crippen molar-refractivity contribution in [1.82, 2.24) is 4.90 Å². The molecule has 0 unspecified atom stereocenters. The lowest BCUT2D eigenvalue weighted by Gasteiger charge is -2.06. The van der Waals surface area contributed by atoms with Crippen molar-refractivity contribution < 1.29 is 5.11 Å². The highest BCUT2D eigenvalue weighted by Crippen LogP contribution is 2.32. The molecule has 0 bridgehead atoms. The molecule has 0 aromatic heterocycles. The summed E-state index contributed by atoms with van der Waals surface area (Å²) in [5, 5.41) is 8.60. The molecule has 1 saturated carbocycles. The van der Waals surface area contributed by atoms with Gasteiger partial charge in [-0.2, -0.15) is 0 Å². The summed E-state index contributed by atoms with van der Waals surface area (Å²) in [6, 6.07) is 0.667. The molecule has 0 spiro atoms. The summed E-state index contributed by atoms with van der Waals surface area (Å²) in [5.74, 6) is 0.574. The average molecular weight is 115 g/mol. The van der Waals surface area contributed by atoms with E-state index in [0.717, 1.165) is 0 Å². The summed E-state index contributed by atoms with van der Waals surface area (Å²) in [5.41, 5.74) is 0. The molecule has 1 N–H and O–H groups in total. The first-order valence-corrected chi connectivity index (χ1v) is 3.03. The molecule has 0 amide bonds. The first kappa shape index (κ1) is 6.05. The molecule has 1 aliphatic rings. The molecule has 0 aromatic carbocycles. The molecular formula is C6H13NO. The van der Waals surface area contributed by atoms with E-state index in [1.165, 1.54) is 6.42 Å². The second-order valence-electron chi connectivity index (χ2n) is 2.71. The fourth-order valence-electron chi connectivity index (χ4n) is 1.06. The SMILES string of the molecule is CN(C)[C@H]1C[C@@H]1CO. The average Bonchev–Trinajstić information content (AvgIpc) is 2.42. The van der Waals surface area contributed by atoms with E-state index in [9.17, 15) is 0 Å². The first-order chi connectivity index (χ1) is 3.75. The predicted molar refractivity (Wildman–Crippen MR) is 32.7 cm³/mol. The Labute approximate surface area is 50.1 Å². The minimum Gasteiger partial charge on any atom is -0.396 e. The molecule has 2 heteroatoms. The third kappa shape index (κ3) is 1.01. The topological polar surface area (TPSA) is 23.5 Å². The summed E-state index contributed by atoms with van der Waals surface area (Å²) in [6.45, 7) is 0.364. The predicted octanol–water partition coefficient (Wildman–Crippen LogP) is -0.0712. The van der Waals surface area contributed by atoms with Crippen LogP contribution in [0, 0.1) is 5.92 Å². The molecule has 1 fully saturated rings. The fraction of sp³-hybridized carbons (Fsp3) is 1.00. The molecule has 8 heavy (non-hydrogen) atoms. The highest BCUT2D eigenvalue weighted by molar-refractivity contribution is 4.91. The zero-order chi connectivity index (χ0) is 6.15. The molecule has 0 aliphatic heterocycles. The Morgan fingerprint density at radius 3 is 2.38 bits per heavy atom. The molecule has 0 aromatic rings. The van der Waals surface area contributed by atoms with E-state index >= 15 is 0 Å². The van der Waals surface area contributed by atoms with Gasteiger partial charge in [-0.05, 0) is 26.4 Å². The van der Waals surface area contributed by atoms with E-state index in [-0.39, 0.29) is 0 Å². The number of hydrogen-bond acceptors (Lipinski definition) is 2. The third-order valence-corrected chi connectivity index (χ3v) is 1.78. The monoisotopic (exact) mass is 115 g/mol. The summed E-state index contributed by atoms with van der Waals surface area (Å²) in [7, 11) is 4.11. The molecule has 2 nitrogen and oxygen atoms in total. The van der Waals surface area contributed by atoms with Crippen molar-refractivity contribution in [2.24, 2.45) is 5.92 Å². The maximum Gasteiger partial charge on any atom is 0.0474 e. The van der Waals surface area contributed by atoms with E-state index < -0.39 is 0 Å². The summed E-state index contributed by atoms with van der Waals surface area (Å²) in [4.78, 5) is 2.17. The number of aliphatic hydroxyl groups is 1. The van der Waals surface area contributed by atoms with Crippen molar-refractivity contribution in [2.75, 3.05) is 20.7 Å². The van der Waals surface area contributed by atoms with Gasteiger partial charge in [0.15, 0.2) is 0 Å². The Balaban J connectivity index is 2.16. The Morgan fingerprint density at radius 2 is 2.25 bits per heavy atom. The van der Waals surface area contributed by atoms with Crippen LogP contribution >= 0.6 is 0 Å². The molecule has 0 radical (unpaired) electrons. The zero-order valence-electron chi connectivity index (χ0n) is 5.46. The van der Waals surface area contributed by atoms with Gasteiger partial charge in [0, 0.05) is 12.6 Å². The van der Waals surface area contributed by atoms with Gasteiger partial charge in [0.1, 0.15) is 0 Å². The normalized spacial score (nSPS) is 36.0. The molecule has 1 rings (SSSR count). The summed E-state index contributed by atoms with van der Waals surface area (Å²) in [6.07, 6.45) is 1.18. The number of aliphatic hydroxyl groups excluding tert-OH is 1. The smallest absolute Gasteiger partial charge is 0.0474 e. The molecule has 1 aliphatic carbocycles. The Hall–Kier alpha value is -0.0800. The number of hydrogen-bond donors (Lipinski definition) is 1. The molecule has 0 heterocycles. The van der Waals surface area contributed by atoms with Crippen LogP contribution < -0.4 is 0 Å². The van der Waals surface area contributed by atoms with Gasteiger partial charge >= 0.3 is 0 Å². The van der Waals surface area contributed by atoms with Gasteiger partial charge in [0.25, 0.3) is 0 Å². The standard InChI is InChI=1S/C6H13NO/c1-7(2)6-3-5(6)4-8/h5-6,8H,3-4H2,1-2H3/t5-,6+/m1/s1. The van der Waals surface area contributed by atoms with Gasteiger partial charge in [0.05, 0.1) is 0 Å². The van der Waals surface area contributed by atoms with Crippen molar-refractivity contribution in [2.45, 2.75) is 12.5 Å². The quantitative estimate of drug-likeness (QED) is 0.544. The van der Waals surface area contributed by atoms with Crippen LogP contribution in [0.15, 0.2) is 0 Å². The van der Waals surface area contributed by atoms with Gasteiger partial charge in [-0.3, -0.25) is 0 Å². The number of nitrogens with zero attached hydrogens (tertiary/aromatic N) is 1. The van der Waals surface area contributed by atoms with E-state index in [2.05, 4.69) is 19.0 Å². The van der Waals surface area contributed by atoms with E-state index in [1.807, 2.05) is 0 Å². The van der Waals surface area contributed by atoms with Gasteiger partial charge < -0.3 is 10.0 Å². The lowest BCUT2D eigenvalue weighted by molar-refractivity contribution is 0.253. The lowest BCUT2D eigenvalue weighted by atomic mass is 10.4. The van der Waals surface area contributed by atoms with Crippen molar-refractivity contribution in [3.8, 4) is 0 Å². The van der Waals surface area contributed by atoms with Crippen molar-refractivity contribution >= 4 is 0 Å². The van der Waals surface area contributed by atoms with Crippen LogP contribution in [0.2, 0.25) is 0 Å². The highest BCUT2D eigenvalue weighted by Gasteiger charge is 2.37. The molecule has 48 valence electrons. The Kier molecular flexibility index (Phi) is 1.54. The maximum absolute atomic E-state index is 8.60. The first-order valence-electron chi connectivity index (χ1n) is 3.03. The van der Waals surface area contributed by atoms with Crippen molar-refractivity contribution in [1.29, 1.82) is 0 Å². The van der Waals surface area contributed by atoms with Crippen molar-refractivity contribution in [3.05, 3.63) is 0 Å². The second kappa shape index (κ2) is 2.03. The van der Waals surface area contributed by atoms with Crippen LogP contribution in [0.1, 0.15) is 6.42 Å². The van der Waals surface area contributed by atoms with Gasteiger partial charge in [0.2, 0.25) is 0 Å². The molecular weight excluding hydrogens is 102 g/mol. The van der Waals surface area contributed by atoms with Crippen LogP contribution in [0.4, 0.5) is 0 Å². The van der Waals surface area contributed by atoms with E-state index in [1.54, 1.807) is 0 Å². The third-order valence-electron chi connectivity index (χ3n) is 1.78. The van der Waals surface area contributed by atoms with Crippen LogP contribution in [0.5, 0.6) is 0 Å². The second-order valence-corrected chi connectivity index (χ2v) is 2.71. The number of rotatable bonds is 2. The van der Waals surface area contributed by atoms with E-state index in [4.69, 9.17) is 5.11 Å². The van der Waals surface area contributed by atoms with Crippen molar-refractivity contribution in [3.63, 3.8) is 0 Å². The van der Waals surface area contributed by atoms with Crippen LogP contribution in [-0.2, 0) is 0 Å². The van der Waals surface area contributed by atoms with Gasteiger partial charge in [-0.15, -0.1) is 0 Å². The van der Waals surface area contributed by atoms with Crippen LogP contribution in [0.3, 0.4) is 0 Å². The van der Waals surface area contributed by atoms with Gasteiger partial charge in [-0.25, -0.2) is 0 Å². The molecule has 0 saturated heterocycles.